The smallest absolute Gasteiger partial charge is 0.748 e. The van der Waals surface area contributed by atoms with Crippen molar-refractivity contribution in [3.05, 3.63) is 0 Å². The molecule has 0 rings (SSSR count). The van der Waals surface area contributed by atoms with Crippen LogP contribution in [0.5, 0.6) is 0 Å². The maximum absolute atomic E-state index is 11.4. The maximum Gasteiger partial charge on any atom is 1.00 e. The second-order valence-electron chi connectivity index (χ2n) is 7.46. The first-order valence-corrected chi connectivity index (χ1v) is 12.0. The second-order valence-corrected chi connectivity index (χ2v) is 9.11. The fourth-order valence-corrected chi connectivity index (χ4v) is 4.20. The average Bonchev–Trinajstić information content (AvgIpc) is 2.55. The van der Waals surface area contributed by atoms with Gasteiger partial charge in [-0.05, 0) is 25.7 Å². The van der Waals surface area contributed by atoms with E-state index in [9.17, 15) is 18.1 Å². The molecule has 0 radical (unpaired) electrons. The van der Waals surface area contributed by atoms with Crippen LogP contribution in [0.25, 0.3) is 0 Å². The predicted molar refractivity (Wildman–Crippen MR) is 105 cm³/mol. The summed E-state index contributed by atoms with van der Waals surface area (Å²) in [4.78, 5) is 0. The Balaban J connectivity index is 0. The molecule has 0 aliphatic rings. The van der Waals surface area contributed by atoms with Gasteiger partial charge in [0.25, 0.3) is 0 Å². The number of unbranched alkanes of at least 4 members (excludes halogenated alkanes) is 9. The maximum atomic E-state index is 11.4. The Labute approximate surface area is 185 Å². The van der Waals surface area contributed by atoms with Gasteiger partial charge in [-0.2, -0.15) is 0 Å². The normalized spacial score (nSPS) is 14.0. The van der Waals surface area contributed by atoms with Crippen molar-refractivity contribution in [2.75, 3.05) is 0 Å². The first-order chi connectivity index (χ1) is 11.9. The molecule has 0 amide bonds. The van der Waals surface area contributed by atoms with Crippen LogP contribution in [0.4, 0.5) is 0 Å². The Morgan fingerprint density at radius 3 is 1.46 bits per heavy atom. The van der Waals surface area contributed by atoms with E-state index in [0.29, 0.717) is 19.3 Å². The van der Waals surface area contributed by atoms with Crippen molar-refractivity contribution in [3.8, 4) is 0 Å². The van der Waals surface area contributed by atoms with Crippen molar-refractivity contribution in [1.82, 2.24) is 0 Å². The van der Waals surface area contributed by atoms with Gasteiger partial charge in [0.1, 0.15) is 0 Å². The Morgan fingerprint density at radius 2 is 1.04 bits per heavy atom. The van der Waals surface area contributed by atoms with Crippen LogP contribution in [0.15, 0.2) is 0 Å². The van der Waals surface area contributed by atoms with E-state index >= 15 is 0 Å². The zero-order chi connectivity index (χ0) is 19.0. The monoisotopic (exact) mass is 400 g/mol. The molecule has 0 spiro atoms. The number of rotatable bonds is 18. The second kappa shape index (κ2) is 19.2. The van der Waals surface area contributed by atoms with Crippen LogP contribution in [-0.4, -0.2) is 29.4 Å². The van der Waals surface area contributed by atoms with Gasteiger partial charge in [0.2, 0.25) is 0 Å². The van der Waals surface area contributed by atoms with Gasteiger partial charge in [-0.1, -0.05) is 90.9 Å². The van der Waals surface area contributed by atoms with Gasteiger partial charge in [0.05, 0.1) is 16.2 Å². The van der Waals surface area contributed by atoms with Crippen LogP contribution in [-0.2, 0) is 10.1 Å². The fraction of sp³-hybridized carbons (Fsp3) is 1.00. The van der Waals surface area contributed by atoms with Crippen molar-refractivity contribution < 1.29 is 47.6 Å². The molecule has 26 heavy (non-hydrogen) atoms. The molecule has 0 aromatic rings. The summed E-state index contributed by atoms with van der Waals surface area (Å²) >= 11 is 0. The zero-order valence-electron chi connectivity index (χ0n) is 17.5. The van der Waals surface area contributed by atoms with Crippen molar-refractivity contribution in [1.29, 1.82) is 0 Å². The van der Waals surface area contributed by atoms with Crippen molar-refractivity contribution >= 4 is 10.1 Å². The Kier molecular flexibility index (Phi) is 21.5. The van der Waals surface area contributed by atoms with Gasteiger partial charge >= 0.3 is 29.6 Å². The average molecular weight is 401 g/mol. The molecular formula is C20H41NaO4S. The molecule has 0 aromatic heterocycles. The van der Waals surface area contributed by atoms with E-state index in [4.69, 9.17) is 0 Å². The number of hydrogen-bond donors (Lipinski definition) is 1. The third kappa shape index (κ3) is 18.2. The summed E-state index contributed by atoms with van der Waals surface area (Å²) in [5.41, 5.74) is 0. The van der Waals surface area contributed by atoms with Gasteiger partial charge in [-0.3, -0.25) is 0 Å². The Morgan fingerprint density at radius 1 is 0.692 bits per heavy atom. The van der Waals surface area contributed by atoms with Gasteiger partial charge in [0, 0.05) is 5.25 Å². The minimum atomic E-state index is -4.19. The zero-order valence-corrected chi connectivity index (χ0v) is 20.4. The molecular weight excluding hydrogens is 359 g/mol. The predicted octanol–water partition coefficient (Wildman–Crippen LogP) is 2.55. The third-order valence-corrected chi connectivity index (χ3v) is 6.28. The minimum absolute atomic E-state index is 0. The van der Waals surface area contributed by atoms with Crippen molar-refractivity contribution in [2.45, 2.75) is 128 Å². The Bertz CT molecular complexity index is 387. The summed E-state index contributed by atoms with van der Waals surface area (Å²) in [5.74, 6) is 0. The van der Waals surface area contributed by atoms with Gasteiger partial charge in [-0.15, -0.1) is 0 Å². The molecule has 0 aliphatic carbocycles. The molecule has 0 fully saturated rings. The summed E-state index contributed by atoms with van der Waals surface area (Å²) in [6.45, 7) is 4.33. The summed E-state index contributed by atoms with van der Waals surface area (Å²) in [7, 11) is -4.19. The molecule has 2 unspecified atom stereocenters. The number of hydrogen-bond acceptors (Lipinski definition) is 4. The molecule has 0 aliphatic heterocycles. The van der Waals surface area contributed by atoms with Gasteiger partial charge in [-0.25, -0.2) is 8.42 Å². The van der Waals surface area contributed by atoms with Crippen LogP contribution in [0.2, 0.25) is 0 Å². The summed E-state index contributed by atoms with van der Waals surface area (Å²) in [5, 5.41) is 9.24. The molecule has 1 N–H and O–H groups in total. The molecule has 0 bridgehead atoms. The first kappa shape index (κ1) is 29.1. The van der Waals surface area contributed by atoms with E-state index in [-0.39, 0.29) is 35.7 Å². The molecule has 152 valence electrons. The summed E-state index contributed by atoms with van der Waals surface area (Å²) in [6.07, 6.45) is 15.0. The molecule has 0 heterocycles. The van der Waals surface area contributed by atoms with Crippen LogP contribution < -0.4 is 29.6 Å². The SMILES string of the molecule is CCCCCCCC(O)CCCCC(CCCCCCC)S(=O)(=O)[O-].[Na+]. The molecule has 6 heteroatoms. The van der Waals surface area contributed by atoms with Crippen LogP contribution >= 0.6 is 0 Å². The fourth-order valence-electron chi connectivity index (χ4n) is 3.29. The van der Waals surface area contributed by atoms with Crippen LogP contribution in [0.3, 0.4) is 0 Å². The third-order valence-electron chi connectivity index (χ3n) is 4.99. The standard InChI is InChI=1S/C20H42O4S.Na/c1-3-5-7-9-11-15-19(21)16-13-14-18-20(25(22,23)24)17-12-10-8-6-4-2;/h19-21H,3-18H2,1-2H3,(H,22,23,24);/q;+1/p-1. The summed E-state index contributed by atoms with van der Waals surface area (Å²) in [6, 6.07) is 0. The largest absolute Gasteiger partial charge is 1.00 e. The van der Waals surface area contributed by atoms with E-state index in [2.05, 4.69) is 13.8 Å². The molecule has 0 saturated heterocycles. The topological polar surface area (TPSA) is 77.4 Å². The van der Waals surface area contributed by atoms with Crippen molar-refractivity contribution in [3.63, 3.8) is 0 Å². The number of aliphatic hydroxyl groups excluding tert-OH is 1. The molecule has 4 nitrogen and oxygen atoms in total. The van der Waals surface area contributed by atoms with E-state index in [1.807, 2.05) is 0 Å². The van der Waals surface area contributed by atoms with E-state index < -0.39 is 15.4 Å². The first-order valence-electron chi connectivity index (χ1n) is 10.5. The quantitative estimate of drug-likeness (QED) is 0.218. The van der Waals surface area contributed by atoms with E-state index in [1.165, 1.54) is 32.1 Å². The summed E-state index contributed by atoms with van der Waals surface area (Å²) < 4.78 is 34.2. The van der Waals surface area contributed by atoms with Crippen molar-refractivity contribution in [2.24, 2.45) is 0 Å². The van der Waals surface area contributed by atoms with Gasteiger partial charge in [0.15, 0.2) is 0 Å². The minimum Gasteiger partial charge on any atom is -0.748 e. The van der Waals surface area contributed by atoms with E-state index in [0.717, 1.165) is 51.4 Å². The Hall–Kier alpha value is 0.870. The van der Waals surface area contributed by atoms with Crippen LogP contribution in [0, 0.1) is 0 Å². The molecule has 2 atom stereocenters. The van der Waals surface area contributed by atoms with Crippen LogP contribution in [0.1, 0.15) is 117 Å². The number of aliphatic hydroxyl groups is 1. The molecule has 0 aromatic carbocycles. The van der Waals surface area contributed by atoms with E-state index in [1.54, 1.807) is 0 Å². The van der Waals surface area contributed by atoms with Gasteiger partial charge < -0.3 is 9.66 Å². The molecule has 0 saturated carbocycles.